The topological polar surface area (TPSA) is 38.7 Å². The van der Waals surface area contributed by atoms with E-state index in [4.69, 9.17) is 9.47 Å². The molecule has 1 heterocycles. The number of rotatable bonds is 1. The van der Waals surface area contributed by atoms with Gasteiger partial charge in [-0.25, -0.2) is 0 Å². The zero-order valence-corrected chi connectivity index (χ0v) is 8.41. The molecule has 76 valence electrons. The molecule has 1 aromatic rings. The number of hydrogen-bond acceptors (Lipinski definition) is 3. The van der Waals surface area contributed by atoms with Gasteiger partial charge in [0.15, 0.2) is 11.5 Å². The number of phenolic OH excluding ortho intramolecular Hbond substituents is 1. The third-order valence-corrected chi connectivity index (χ3v) is 2.57. The Kier molecular flexibility index (Phi) is 2.11. The monoisotopic (exact) mass is 194 g/mol. The summed E-state index contributed by atoms with van der Waals surface area (Å²) in [6, 6.07) is 5.31. The van der Waals surface area contributed by atoms with Gasteiger partial charge < -0.3 is 14.6 Å². The molecule has 0 spiro atoms. The van der Waals surface area contributed by atoms with Crippen molar-refractivity contribution in [3.8, 4) is 11.5 Å². The predicted molar refractivity (Wildman–Crippen MR) is 52.2 cm³/mol. The van der Waals surface area contributed by atoms with Gasteiger partial charge in [-0.05, 0) is 6.07 Å². The standard InChI is InChI=1S/C11H14O3/c1-3-11(2)13-7-8-5-4-6-9(12)10(8)14-11/h4-6,12H,3,7H2,1-2H3. The highest BCUT2D eigenvalue weighted by Crippen LogP contribution is 2.38. The minimum absolute atomic E-state index is 0.186. The highest BCUT2D eigenvalue weighted by atomic mass is 16.7. The Morgan fingerprint density at radius 3 is 3.00 bits per heavy atom. The Morgan fingerprint density at radius 1 is 1.50 bits per heavy atom. The number of hydrogen-bond donors (Lipinski definition) is 1. The van der Waals surface area contributed by atoms with Crippen molar-refractivity contribution in [2.75, 3.05) is 0 Å². The molecule has 14 heavy (non-hydrogen) atoms. The summed E-state index contributed by atoms with van der Waals surface area (Å²) in [4.78, 5) is 0. The van der Waals surface area contributed by atoms with E-state index < -0.39 is 5.79 Å². The van der Waals surface area contributed by atoms with Crippen LogP contribution in [0.2, 0.25) is 0 Å². The Balaban J connectivity index is 2.38. The van der Waals surface area contributed by atoms with Crippen molar-refractivity contribution in [2.24, 2.45) is 0 Å². The minimum atomic E-state index is -0.605. The summed E-state index contributed by atoms with van der Waals surface area (Å²) in [5.41, 5.74) is 0.899. The summed E-state index contributed by atoms with van der Waals surface area (Å²) < 4.78 is 11.2. The molecule has 1 aliphatic heterocycles. The summed E-state index contributed by atoms with van der Waals surface area (Å²) in [7, 11) is 0. The molecule has 1 unspecified atom stereocenters. The van der Waals surface area contributed by atoms with E-state index in [0.29, 0.717) is 12.4 Å². The lowest BCUT2D eigenvalue weighted by Gasteiger charge is -2.35. The highest BCUT2D eigenvalue weighted by molar-refractivity contribution is 5.46. The van der Waals surface area contributed by atoms with Crippen LogP contribution in [0.4, 0.5) is 0 Å². The molecule has 1 aromatic carbocycles. The van der Waals surface area contributed by atoms with E-state index in [2.05, 4.69) is 0 Å². The lowest BCUT2D eigenvalue weighted by Crippen LogP contribution is -2.38. The molecule has 0 bridgehead atoms. The maximum atomic E-state index is 9.60. The maximum Gasteiger partial charge on any atom is 0.207 e. The van der Waals surface area contributed by atoms with Crippen molar-refractivity contribution in [1.82, 2.24) is 0 Å². The number of ether oxygens (including phenoxy) is 2. The molecular weight excluding hydrogens is 180 g/mol. The van der Waals surface area contributed by atoms with Crippen LogP contribution >= 0.6 is 0 Å². The van der Waals surface area contributed by atoms with Crippen molar-refractivity contribution in [3.05, 3.63) is 23.8 Å². The number of phenols is 1. The van der Waals surface area contributed by atoms with Gasteiger partial charge in [0, 0.05) is 18.9 Å². The summed E-state index contributed by atoms with van der Waals surface area (Å²) in [5.74, 6) is 0.139. The summed E-state index contributed by atoms with van der Waals surface area (Å²) >= 11 is 0. The van der Waals surface area contributed by atoms with Gasteiger partial charge in [-0.1, -0.05) is 19.1 Å². The first-order valence-corrected chi connectivity index (χ1v) is 4.78. The molecule has 1 N–H and O–H groups in total. The highest BCUT2D eigenvalue weighted by Gasteiger charge is 2.31. The van der Waals surface area contributed by atoms with Crippen molar-refractivity contribution in [2.45, 2.75) is 32.7 Å². The van der Waals surface area contributed by atoms with Crippen molar-refractivity contribution >= 4 is 0 Å². The molecule has 0 saturated carbocycles. The SMILES string of the molecule is CCC1(C)OCc2cccc(O)c2O1. The van der Waals surface area contributed by atoms with Crippen LogP contribution in [-0.2, 0) is 11.3 Å². The Hall–Kier alpha value is -1.22. The summed E-state index contributed by atoms with van der Waals surface area (Å²) in [6.07, 6.45) is 0.751. The zero-order valence-electron chi connectivity index (χ0n) is 8.41. The number of benzene rings is 1. The molecule has 0 amide bonds. The molecule has 2 rings (SSSR count). The first-order valence-electron chi connectivity index (χ1n) is 4.78. The lowest BCUT2D eigenvalue weighted by atomic mass is 10.1. The van der Waals surface area contributed by atoms with Gasteiger partial charge in [0.2, 0.25) is 5.79 Å². The molecule has 0 fully saturated rings. The predicted octanol–water partition coefficient (Wildman–Crippen LogP) is 2.43. The molecule has 1 aliphatic rings. The summed E-state index contributed by atoms with van der Waals surface area (Å²) in [5, 5.41) is 9.60. The van der Waals surface area contributed by atoms with Crippen LogP contribution in [0.5, 0.6) is 11.5 Å². The van der Waals surface area contributed by atoms with E-state index in [9.17, 15) is 5.11 Å². The van der Waals surface area contributed by atoms with E-state index in [0.717, 1.165) is 12.0 Å². The molecule has 0 aliphatic carbocycles. The van der Waals surface area contributed by atoms with Crippen molar-refractivity contribution in [3.63, 3.8) is 0 Å². The van der Waals surface area contributed by atoms with Crippen molar-refractivity contribution < 1.29 is 14.6 Å². The van der Waals surface area contributed by atoms with Crippen LogP contribution in [0.15, 0.2) is 18.2 Å². The second kappa shape index (κ2) is 3.17. The van der Waals surface area contributed by atoms with Crippen LogP contribution < -0.4 is 4.74 Å². The minimum Gasteiger partial charge on any atom is -0.504 e. The molecule has 0 aromatic heterocycles. The second-order valence-electron chi connectivity index (χ2n) is 3.64. The average molecular weight is 194 g/mol. The number of para-hydroxylation sites is 1. The van der Waals surface area contributed by atoms with Crippen LogP contribution in [0.3, 0.4) is 0 Å². The van der Waals surface area contributed by atoms with Gasteiger partial charge in [-0.15, -0.1) is 0 Å². The Bertz CT molecular complexity index is 348. The molecular formula is C11H14O3. The first-order chi connectivity index (χ1) is 6.64. The molecule has 3 nitrogen and oxygen atoms in total. The third kappa shape index (κ3) is 1.44. The smallest absolute Gasteiger partial charge is 0.207 e. The largest absolute Gasteiger partial charge is 0.504 e. The van der Waals surface area contributed by atoms with Gasteiger partial charge >= 0.3 is 0 Å². The van der Waals surface area contributed by atoms with E-state index in [1.165, 1.54) is 0 Å². The third-order valence-electron chi connectivity index (χ3n) is 2.57. The second-order valence-corrected chi connectivity index (χ2v) is 3.64. The fraction of sp³-hybridized carbons (Fsp3) is 0.455. The van der Waals surface area contributed by atoms with Gasteiger partial charge in [0.1, 0.15) is 0 Å². The van der Waals surface area contributed by atoms with E-state index in [1.807, 2.05) is 19.9 Å². The fourth-order valence-corrected chi connectivity index (χ4v) is 1.45. The van der Waals surface area contributed by atoms with E-state index in [-0.39, 0.29) is 5.75 Å². The van der Waals surface area contributed by atoms with Crippen LogP contribution in [0.1, 0.15) is 25.8 Å². The van der Waals surface area contributed by atoms with E-state index in [1.54, 1.807) is 12.1 Å². The summed E-state index contributed by atoms with van der Waals surface area (Å²) in [6.45, 7) is 4.36. The van der Waals surface area contributed by atoms with Gasteiger partial charge in [-0.2, -0.15) is 0 Å². The maximum absolute atomic E-state index is 9.60. The van der Waals surface area contributed by atoms with Crippen LogP contribution in [-0.4, -0.2) is 10.9 Å². The molecule has 3 heteroatoms. The van der Waals surface area contributed by atoms with Crippen LogP contribution in [0.25, 0.3) is 0 Å². The van der Waals surface area contributed by atoms with Gasteiger partial charge in [-0.3, -0.25) is 0 Å². The zero-order chi connectivity index (χ0) is 10.2. The van der Waals surface area contributed by atoms with Crippen molar-refractivity contribution in [1.29, 1.82) is 0 Å². The molecule has 1 atom stereocenters. The van der Waals surface area contributed by atoms with Crippen LogP contribution in [0, 0.1) is 0 Å². The Labute approximate surface area is 83.3 Å². The van der Waals surface area contributed by atoms with Gasteiger partial charge in [0.05, 0.1) is 6.61 Å². The molecule has 0 saturated heterocycles. The fourth-order valence-electron chi connectivity index (χ4n) is 1.45. The average Bonchev–Trinajstić information content (AvgIpc) is 2.20. The number of aromatic hydroxyl groups is 1. The first kappa shape index (κ1) is 9.34. The number of fused-ring (bicyclic) bond motifs is 1. The Morgan fingerprint density at radius 2 is 2.29 bits per heavy atom. The normalized spacial score (nSPS) is 25.3. The van der Waals surface area contributed by atoms with E-state index >= 15 is 0 Å². The van der Waals surface area contributed by atoms with Gasteiger partial charge in [0.25, 0.3) is 0 Å². The quantitative estimate of drug-likeness (QED) is 0.746. The lowest BCUT2D eigenvalue weighted by molar-refractivity contribution is -0.195. The molecule has 0 radical (unpaired) electrons.